The highest BCUT2D eigenvalue weighted by molar-refractivity contribution is 5.16. The molecule has 0 bridgehead atoms. The molecule has 1 aromatic heterocycles. The minimum Gasteiger partial charge on any atom is -0.261 e. The van der Waals surface area contributed by atoms with E-state index in [2.05, 4.69) is 4.98 Å². The summed E-state index contributed by atoms with van der Waals surface area (Å²) in [7, 11) is 0. The van der Waals surface area contributed by atoms with Gasteiger partial charge >= 0.3 is 0 Å². The lowest BCUT2D eigenvalue weighted by molar-refractivity contribution is 0.441. The van der Waals surface area contributed by atoms with Gasteiger partial charge in [0.15, 0.2) is 0 Å². The summed E-state index contributed by atoms with van der Waals surface area (Å²) in [5, 5.41) is 0. The van der Waals surface area contributed by atoms with Gasteiger partial charge in [-0.05, 0) is 30.4 Å². The molecular weight excluding hydrogens is 165 g/mol. The molecule has 0 aliphatic heterocycles. The third-order valence-corrected chi connectivity index (χ3v) is 2.80. The molecular formula is C11H14FN. The van der Waals surface area contributed by atoms with E-state index < -0.39 is 0 Å². The van der Waals surface area contributed by atoms with Crippen molar-refractivity contribution in [3.8, 4) is 0 Å². The second-order valence-electron chi connectivity index (χ2n) is 3.77. The fourth-order valence-electron chi connectivity index (χ4n) is 2.09. The van der Waals surface area contributed by atoms with Gasteiger partial charge in [-0.2, -0.15) is 0 Å². The average molecular weight is 179 g/mol. The van der Waals surface area contributed by atoms with Crippen LogP contribution in [-0.4, -0.2) is 4.98 Å². The van der Waals surface area contributed by atoms with Gasteiger partial charge in [-0.15, -0.1) is 0 Å². The molecule has 0 unspecified atom stereocenters. The number of pyridine rings is 1. The summed E-state index contributed by atoms with van der Waals surface area (Å²) in [6, 6.07) is 1.63. The van der Waals surface area contributed by atoms with E-state index in [-0.39, 0.29) is 5.82 Å². The van der Waals surface area contributed by atoms with Gasteiger partial charge in [-0.1, -0.05) is 19.3 Å². The molecule has 1 aromatic rings. The number of hydrogen-bond acceptors (Lipinski definition) is 1. The lowest BCUT2D eigenvalue weighted by atomic mass is 9.85. The summed E-state index contributed by atoms with van der Waals surface area (Å²) in [5.74, 6) is 0.347. The smallest absolute Gasteiger partial charge is 0.141 e. The maximum Gasteiger partial charge on any atom is 0.141 e. The number of aromatic nitrogens is 1. The molecule has 1 aliphatic rings. The van der Waals surface area contributed by atoms with Crippen LogP contribution in [0.15, 0.2) is 18.5 Å². The second-order valence-corrected chi connectivity index (χ2v) is 3.77. The highest BCUT2D eigenvalue weighted by Gasteiger charge is 2.15. The number of hydrogen-bond donors (Lipinski definition) is 0. The largest absolute Gasteiger partial charge is 0.261 e. The van der Waals surface area contributed by atoms with E-state index in [1.54, 1.807) is 12.3 Å². The van der Waals surface area contributed by atoms with Gasteiger partial charge in [-0.25, -0.2) is 4.39 Å². The Hall–Kier alpha value is -0.920. The van der Waals surface area contributed by atoms with Gasteiger partial charge in [-0.3, -0.25) is 4.98 Å². The molecule has 2 rings (SSSR count). The van der Waals surface area contributed by atoms with Crippen LogP contribution >= 0.6 is 0 Å². The highest BCUT2D eigenvalue weighted by Crippen LogP contribution is 2.32. The van der Waals surface area contributed by atoms with E-state index in [4.69, 9.17) is 0 Å². The Balaban J connectivity index is 2.14. The van der Waals surface area contributed by atoms with Gasteiger partial charge in [0.2, 0.25) is 0 Å². The van der Waals surface area contributed by atoms with Crippen LogP contribution in [-0.2, 0) is 0 Å². The van der Waals surface area contributed by atoms with Crippen LogP contribution in [0.4, 0.5) is 4.39 Å². The van der Waals surface area contributed by atoms with Crippen molar-refractivity contribution in [2.75, 3.05) is 0 Å². The van der Waals surface area contributed by atoms with Crippen molar-refractivity contribution in [2.24, 2.45) is 0 Å². The molecule has 0 aromatic carbocycles. The average Bonchev–Trinajstić information content (AvgIpc) is 2.19. The van der Waals surface area contributed by atoms with E-state index in [0.29, 0.717) is 5.92 Å². The standard InChI is InChI=1S/C11H14FN/c12-11-6-10(7-13-8-11)9-4-2-1-3-5-9/h6-9H,1-5H2. The van der Waals surface area contributed by atoms with Crippen LogP contribution in [0.2, 0.25) is 0 Å². The topological polar surface area (TPSA) is 12.9 Å². The van der Waals surface area contributed by atoms with E-state index >= 15 is 0 Å². The van der Waals surface area contributed by atoms with E-state index in [0.717, 1.165) is 5.56 Å². The Morgan fingerprint density at radius 1 is 1.15 bits per heavy atom. The zero-order valence-electron chi connectivity index (χ0n) is 7.67. The third kappa shape index (κ3) is 2.06. The summed E-state index contributed by atoms with van der Waals surface area (Å²) in [4.78, 5) is 3.88. The predicted molar refractivity (Wildman–Crippen MR) is 50.0 cm³/mol. The number of rotatable bonds is 1. The first-order valence-corrected chi connectivity index (χ1v) is 4.97. The van der Waals surface area contributed by atoms with Crippen molar-refractivity contribution in [1.29, 1.82) is 0 Å². The van der Waals surface area contributed by atoms with Gasteiger partial charge in [0.05, 0.1) is 6.20 Å². The molecule has 1 nitrogen and oxygen atoms in total. The minimum absolute atomic E-state index is 0.205. The quantitative estimate of drug-likeness (QED) is 0.644. The molecule has 0 amide bonds. The summed E-state index contributed by atoms with van der Waals surface area (Å²) in [6.07, 6.45) is 9.36. The molecule has 1 fully saturated rings. The zero-order valence-corrected chi connectivity index (χ0v) is 7.67. The SMILES string of the molecule is Fc1cncc(C2CCCCC2)c1. The molecule has 1 aliphatic carbocycles. The lowest BCUT2D eigenvalue weighted by Crippen LogP contribution is -2.05. The van der Waals surface area contributed by atoms with Crippen LogP contribution in [0.1, 0.15) is 43.6 Å². The van der Waals surface area contributed by atoms with Gasteiger partial charge in [0, 0.05) is 6.20 Å². The normalized spacial score (nSPS) is 18.8. The molecule has 70 valence electrons. The third-order valence-electron chi connectivity index (χ3n) is 2.80. The first-order valence-electron chi connectivity index (χ1n) is 4.97. The van der Waals surface area contributed by atoms with Crippen LogP contribution in [0.25, 0.3) is 0 Å². The Kier molecular flexibility index (Phi) is 2.57. The van der Waals surface area contributed by atoms with Gasteiger partial charge in [0.1, 0.15) is 5.82 Å². The first-order chi connectivity index (χ1) is 6.36. The molecule has 2 heteroatoms. The van der Waals surface area contributed by atoms with Gasteiger partial charge < -0.3 is 0 Å². The Labute approximate surface area is 78.0 Å². The Morgan fingerprint density at radius 2 is 1.92 bits per heavy atom. The van der Waals surface area contributed by atoms with Crippen molar-refractivity contribution in [2.45, 2.75) is 38.0 Å². The zero-order chi connectivity index (χ0) is 9.10. The highest BCUT2D eigenvalue weighted by atomic mass is 19.1. The molecule has 0 radical (unpaired) electrons. The van der Waals surface area contributed by atoms with Gasteiger partial charge in [0.25, 0.3) is 0 Å². The fraction of sp³-hybridized carbons (Fsp3) is 0.545. The molecule has 0 spiro atoms. The van der Waals surface area contributed by atoms with Crippen molar-refractivity contribution in [1.82, 2.24) is 4.98 Å². The molecule has 0 atom stereocenters. The van der Waals surface area contributed by atoms with Crippen LogP contribution in [0.5, 0.6) is 0 Å². The summed E-state index contributed by atoms with van der Waals surface area (Å²) in [6.45, 7) is 0. The summed E-state index contributed by atoms with van der Waals surface area (Å²) < 4.78 is 12.9. The molecule has 1 saturated carbocycles. The first kappa shape index (κ1) is 8.67. The van der Waals surface area contributed by atoms with E-state index in [1.165, 1.54) is 38.3 Å². The Bertz CT molecular complexity index is 279. The molecule has 1 heterocycles. The summed E-state index contributed by atoms with van der Waals surface area (Å²) >= 11 is 0. The fourth-order valence-corrected chi connectivity index (χ4v) is 2.09. The molecule has 0 saturated heterocycles. The van der Waals surface area contributed by atoms with Crippen LogP contribution < -0.4 is 0 Å². The van der Waals surface area contributed by atoms with Crippen molar-refractivity contribution >= 4 is 0 Å². The second kappa shape index (κ2) is 3.86. The van der Waals surface area contributed by atoms with E-state index in [9.17, 15) is 4.39 Å². The molecule has 13 heavy (non-hydrogen) atoms. The van der Waals surface area contributed by atoms with Crippen molar-refractivity contribution in [3.05, 3.63) is 29.8 Å². The Morgan fingerprint density at radius 3 is 2.62 bits per heavy atom. The van der Waals surface area contributed by atoms with Crippen molar-refractivity contribution < 1.29 is 4.39 Å². The lowest BCUT2D eigenvalue weighted by Gasteiger charge is -2.21. The number of halogens is 1. The maximum absolute atomic E-state index is 12.9. The van der Waals surface area contributed by atoms with Crippen molar-refractivity contribution in [3.63, 3.8) is 0 Å². The monoisotopic (exact) mass is 179 g/mol. The van der Waals surface area contributed by atoms with E-state index in [1.807, 2.05) is 0 Å². The predicted octanol–water partition coefficient (Wildman–Crippen LogP) is 3.27. The minimum atomic E-state index is -0.205. The molecule has 0 N–H and O–H groups in total. The summed E-state index contributed by atoms with van der Waals surface area (Å²) in [5.41, 5.74) is 1.08. The van der Waals surface area contributed by atoms with Crippen LogP contribution in [0.3, 0.4) is 0 Å². The maximum atomic E-state index is 12.9. The van der Waals surface area contributed by atoms with Crippen LogP contribution in [0, 0.1) is 5.82 Å². The number of nitrogens with zero attached hydrogens (tertiary/aromatic N) is 1.